The van der Waals surface area contributed by atoms with Crippen LogP contribution in [0.2, 0.25) is 0 Å². The lowest BCUT2D eigenvalue weighted by atomic mass is 9.95. The van der Waals surface area contributed by atoms with Crippen LogP contribution < -0.4 is 10.6 Å². The molecule has 3 rings (SSSR count). The minimum atomic E-state index is 0.346. The average Bonchev–Trinajstić information content (AvgIpc) is 3.26. The molecule has 0 unspecified atom stereocenters. The van der Waals surface area contributed by atoms with Gasteiger partial charge >= 0.3 is 0 Å². The topological polar surface area (TPSA) is 39.7 Å². The molecule has 5 heteroatoms. The molecule has 4 nitrogen and oxygen atoms in total. The molecule has 0 bridgehead atoms. The highest BCUT2D eigenvalue weighted by molar-refractivity contribution is 7.99. The van der Waals surface area contributed by atoms with Gasteiger partial charge < -0.3 is 10.6 Å². The van der Waals surface area contributed by atoms with Crippen LogP contribution in [0.3, 0.4) is 0 Å². The van der Waals surface area contributed by atoms with Crippen LogP contribution >= 0.6 is 11.8 Å². The van der Waals surface area contributed by atoms with Crippen LogP contribution in [-0.4, -0.2) is 60.1 Å². The molecule has 0 atom stereocenters. The number of guanidine groups is 1. The van der Waals surface area contributed by atoms with E-state index in [1.54, 1.807) is 0 Å². The summed E-state index contributed by atoms with van der Waals surface area (Å²) in [5, 5.41) is 7.15. The van der Waals surface area contributed by atoms with Gasteiger partial charge in [-0.3, -0.25) is 9.89 Å². The maximum Gasteiger partial charge on any atom is 0.191 e. The fourth-order valence-corrected chi connectivity index (χ4v) is 5.36. The number of hydrogen-bond donors (Lipinski definition) is 2. The Kier molecular flexibility index (Phi) is 6.52. The van der Waals surface area contributed by atoms with Crippen LogP contribution in [0, 0.1) is 0 Å². The van der Waals surface area contributed by atoms with Crippen molar-refractivity contribution < 1.29 is 0 Å². The maximum atomic E-state index is 5.05. The van der Waals surface area contributed by atoms with Gasteiger partial charge in [0, 0.05) is 42.7 Å². The molecule has 3 aliphatic rings. The first-order valence-electron chi connectivity index (χ1n) is 9.70. The Bertz CT molecular complexity index is 380. The van der Waals surface area contributed by atoms with Crippen molar-refractivity contribution >= 4 is 17.7 Å². The molecule has 1 saturated heterocycles. The van der Waals surface area contributed by atoms with Crippen molar-refractivity contribution in [3.63, 3.8) is 0 Å². The van der Waals surface area contributed by atoms with Crippen LogP contribution in [0.25, 0.3) is 0 Å². The van der Waals surface area contributed by atoms with E-state index >= 15 is 0 Å². The molecule has 2 aliphatic carbocycles. The maximum absolute atomic E-state index is 5.05. The molecule has 1 aliphatic heterocycles. The van der Waals surface area contributed by atoms with Crippen molar-refractivity contribution in [3.05, 3.63) is 0 Å². The summed E-state index contributed by atoms with van der Waals surface area (Å²) in [5.41, 5.74) is 0.346. The molecule has 0 spiro atoms. The number of hydrogen-bond acceptors (Lipinski definition) is 3. The Hall–Kier alpha value is -0.420. The normalized spacial score (nSPS) is 26.6. The Morgan fingerprint density at radius 1 is 1.13 bits per heavy atom. The molecule has 0 aromatic heterocycles. The minimum absolute atomic E-state index is 0.346. The molecule has 0 aromatic rings. The first-order valence-corrected chi connectivity index (χ1v) is 10.9. The van der Waals surface area contributed by atoms with Crippen LogP contribution in [0.1, 0.15) is 58.3 Å². The van der Waals surface area contributed by atoms with E-state index in [-0.39, 0.29) is 0 Å². The van der Waals surface area contributed by atoms with E-state index in [0.717, 1.165) is 19.0 Å². The van der Waals surface area contributed by atoms with E-state index in [4.69, 9.17) is 4.99 Å². The Morgan fingerprint density at radius 3 is 2.48 bits per heavy atom. The standard InChI is InChI=1S/C18H34N4S/c1-2-19-17(21-16-7-3-4-8-16)20-15-18(9-5-6-10-18)22-11-13-23-14-12-22/h16H,2-15H2,1H3,(H2,19,20,21). The predicted octanol–water partition coefficient (Wildman–Crippen LogP) is 2.85. The van der Waals surface area contributed by atoms with Crippen LogP contribution in [0.5, 0.6) is 0 Å². The quantitative estimate of drug-likeness (QED) is 0.597. The van der Waals surface area contributed by atoms with Crippen LogP contribution in [-0.2, 0) is 0 Å². The molecular formula is C18H34N4S. The van der Waals surface area contributed by atoms with Gasteiger partial charge in [-0.2, -0.15) is 11.8 Å². The summed E-state index contributed by atoms with van der Waals surface area (Å²) in [6.45, 7) is 6.60. The van der Waals surface area contributed by atoms with Gasteiger partial charge in [0.1, 0.15) is 0 Å². The van der Waals surface area contributed by atoms with E-state index in [9.17, 15) is 0 Å². The lowest BCUT2D eigenvalue weighted by Gasteiger charge is -2.42. The summed E-state index contributed by atoms with van der Waals surface area (Å²) in [7, 11) is 0. The number of nitrogens with zero attached hydrogens (tertiary/aromatic N) is 2. The fraction of sp³-hybridized carbons (Fsp3) is 0.944. The lowest BCUT2D eigenvalue weighted by molar-refractivity contribution is 0.112. The molecule has 0 aromatic carbocycles. The van der Waals surface area contributed by atoms with E-state index in [1.165, 1.54) is 76.0 Å². The van der Waals surface area contributed by atoms with Gasteiger partial charge in [-0.25, -0.2) is 0 Å². The Morgan fingerprint density at radius 2 is 1.83 bits per heavy atom. The van der Waals surface area contributed by atoms with Gasteiger partial charge in [-0.15, -0.1) is 0 Å². The highest BCUT2D eigenvalue weighted by Crippen LogP contribution is 2.37. The Labute approximate surface area is 146 Å². The second-order valence-corrected chi connectivity index (χ2v) is 8.58. The molecule has 3 fully saturated rings. The molecular weight excluding hydrogens is 304 g/mol. The van der Waals surface area contributed by atoms with Crippen LogP contribution in [0.15, 0.2) is 4.99 Å². The summed E-state index contributed by atoms with van der Waals surface area (Å²) in [6.07, 6.45) is 10.8. The van der Waals surface area contributed by atoms with Gasteiger partial charge in [-0.1, -0.05) is 25.7 Å². The molecule has 23 heavy (non-hydrogen) atoms. The summed E-state index contributed by atoms with van der Waals surface area (Å²) in [4.78, 5) is 7.82. The largest absolute Gasteiger partial charge is 0.357 e. The van der Waals surface area contributed by atoms with E-state index < -0.39 is 0 Å². The zero-order chi connectivity index (χ0) is 16.0. The Balaban J connectivity index is 1.64. The molecule has 2 saturated carbocycles. The first-order chi connectivity index (χ1) is 11.3. The van der Waals surface area contributed by atoms with Gasteiger partial charge in [0.25, 0.3) is 0 Å². The third-order valence-corrected chi connectivity index (χ3v) is 6.73. The monoisotopic (exact) mass is 338 g/mol. The van der Waals surface area contributed by atoms with E-state index in [0.29, 0.717) is 11.6 Å². The van der Waals surface area contributed by atoms with Crippen molar-refractivity contribution in [2.24, 2.45) is 4.99 Å². The lowest BCUT2D eigenvalue weighted by Crippen LogP contribution is -2.53. The zero-order valence-corrected chi connectivity index (χ0v) is 15.6. The number of aliphatic imine (C=N–C) groups is 1. The number of nitrogens with one attached hydrogen (secondary N) is 2. The number of rotatable bonds is 5. The van der Waals surface area contributed by atoms with E-state index in [1.807, 2.05) is 0 Å². The third kappa shape index (κ3) is 4.56. The summed E-state index contributed by atoms with van der Waals surface area (Å²) >= 11 is 2.11. The van der Waals surface area contributed by atoms with Crippen molar-refractivity contribution in [3.8, 4) is 0 Å². The number of thioether (sulfide) groups is 1. The van der Waals surface area contributed by atoms with Crippen molar-refractivity contribution in [2.45, 2.75) is 69.9 Å². The zero-order valence-electron chi connectivity index (χ0n) is 14.8. The fourth-order valence-electron chi connectivity index (χ4n) is 4.45. The van der Waals surface area contributed by atoms with Crippen molar-refractivity contribution in [1.82, 2.24) is 15.5 Å². The smallest absolute Gasteiger partial charge is 0.191 e. The van der Waals surface area contributed by atoms with Crippen molar-refractivity contribution in [1.29, 1.82) is 0 Å². The minimum Gasteiger partial charge on any atom is -0.357 e. The molecule has 1 heterocycles. The van der Waals surface area contributed by atoms with Crippen molar-refractivity contribution in [2.75, 3.05) is 37.7 Å². The van der Waals surface area contributed by atoms with Gasteiger partial charge in [-0.05, 0) is 32.6 Å². The SMILES string of the molecule is CCNC(=NCC1(N2CCSCC2)CCCC1)NC1CCCC1. The van der Waals surface area contributed by atoms with Gasteiger partial charge in [0.2, 0.25) is 0 Å². The molecule has 132 valence electrons. The summed E-state index contributed by atoms with van der Waals surface area (Å²) in [5.74, 6) is 3.65. The summed E-state index contributed by atoms with van der Waals surface area (Å²) in [6, 6.07) is 0.638. The second-order valence-electron chi connectivity index (χ2n) is 7.35. The van der Waals surface area contributed by atoms with E-state index in [2.05, 4.69) is 34.2 Å². The van der Waals surface area contributed by atoms with Gasteiger partial charge in [0.05, 0.1) is 6.54 Å². The molecule has 0 amide bonds. The predicted molar refractivity (Wildman–Crippen MR) is 101 cm³/mol. The molecule has 0 radical (unpaired) electrons. The second kappa shape index (κ2) is 8.61. The third-order valence-electron chi connectivity index (χ3n) is 5.79. The van der Waals surface area contributed by atoms with Gasteiger partial charge in [0.15, 0.2) is 5.96 Å². The van der Waals surface area contributed by atoms with Crippen LogP contribution in [0.4, 0.5) is 0 Å². The average molecular weight is 339 g/mol. The molecule has 2 N–H and O–H groups in total. The highest BCUT2D eigenvalue weighted by atomic mass is 32.2. The highest BCUT2D eigenvalue weighted by Gasteiger charge is 2.39. The first kappa shape index (κ1) is 17.4. The summed E-state index contributed by atoms with van der Waals surface area (Å²) < 4.78 is 0.